The Labute approximate surface area is 134 Å². The molecule has 0 spiro atoms. The Hall–Kier alpha value is -0.620. The molecule has 0 aromatic heterocycles. The zero-order valence-corrected chi connectivity index (χ0v) is 13.9. The number of anilines is 1. The van der Waals surface area contributed by atoms with E-state index in [4.69, 9.17) is 5.73 Å². The van der Waals surface area contributed by atoms with Gasteiger partial charge in [-0.05, 0) is 50.1 Å². The molecule has 1 aromatic rings. The molecule has 0 bridgehead atoms. The van der Waals surface area contributed by atoms with Crippen molar-refractivity contribution >= 4 is 39.9 Å². The van der Waals surface area contributed by atoms with Gasteiger partial charge in [-0.2, -0.15) is 0 Å². The molecule has 0 radical (unpaired) electrons. The van der Waals surface area contributed by atoms with Crippen LogP contribution in [0.5, 0.6) is 0 Å². The van der Waals surface area contributed by atoms with Gasteiger partial charge in [0.05, 0.1) is 6.54 Å². The Bertz CT molecular complexity index is 437. The predicted octanol–water partition coefficient (Wildman–Crippen LogP) is 2.48. The molecule has 1 atom stereocenters. The molecular formula is C14H21BrClN3O. The summed E-state index contributed by atoms with van der Waals surface area (Å²) in [7, 11) is 1.97. The minimum absolute atomic E-state index is 0. The van der Waals surface area contributed by atoms with Crippen molar-refractivity contribution in [1.29, 1.82) is 0 Å². The first-order chi connectivity index (χ1) is 9.10. The third kappa shape index (κ3) is 5.05. The standard InChI is InChI=1S/C14H20BrN3O.ClH/c1-18(13(8-16)10-2-3-10)9-14(19)17-12-6-4-11(15)5-7-12;/h4-7,10,13H,2-3,8-9,16H2,1H3,(H,17,19);1H. The van der Waals surface area contributed by atoms with Crippen molar-refractivity contribution < 1.29 is 4.79 Å². The van der Waals surface area contributed by atoms with Crippen molar-refractivity contribution in [3.8, 4) is 0 Å². The van der Waals surface area contributed by atoms with E-state index in [0.717, 1.165) is 10.2 Å². The van der Waals surface area contributed by atoms with Crippen molar-refractivity contribution in [3.63, 3.8) is 0 Å². The largest absolute Gasteiger partial charge is 0.329 e. The molecule has 1 fully saturated rings. The molecule has 20 heavy (non-hydrogen) atoms. The summed E-state index contributed by atoms with van der Waals surface area (Å²) in [6.07, 6.45) is 2.47. The van der Waals surface area contributed by atoms with Gasteiger partial charge in [-0.3, -0.25) is 9.69 Å². The maximum absolute atomic E-state index is 12.0. The molecule has 112 valence electrons. The Kier molecular flexibility index (Phi) is 6.95. The van der Waals surface area contributed by atoms with Gasteiger partial charge >= 0.3 is 0 Å². The van der Waals surface area contributed by atoms with Gasteiger partial charge < -0.3 is 11.1 Å². The number of carbonyl (C=O) groups excluding carboxylic acids is 1. The van der Waals surface area contributed by atoms with Crippen LogP contribution in [0.25, 0.3) is 0 Å². The van der Waals surface area contributed by atoms with Gasteiger partial charge in [0, 0.05) is 22.7 Å². The normalized spacial score (nSPS) is 15.6. The van der Waals surface area contributed by atoms with Gasteiger partial charge in [0.1, 0.15) is 0 Å². The van der Waals surface area contributed by atoms with Crippen molar-refractivity contribution in [3.05, 3.63) is 28.7 Å². The molecule has 0 heterocycles. The summed E-state index contributed by atoms with van der Waals surface area (Å²) in [6.45, 7) is 1.00. The maximum Gasteiger partial charge on any atom is 0.238 e. The molecule has 4 nitrogen and oxygen atoms in total. The number of carbonyl (C=O) groups is 1. The minimum Gasteiger partial charge on any atom is -0.329 e. The highest BCUT2D eigenvalue weighted by atomic mass is 79.9. The SMILES string of the molecule is CN(CC(=O)Nc1ccc(Br)cc1)C(CN)C1CC1.Cl. The zero-order valence-electron chi connectivity index (χ0n) is 11.5. The highest BCUT2D eigenvalue weighted by Crippen LogP contribution is 2.34. The molecule has 6 heteroatoms. The molecule has 1 aliphatic rings. The summed E-state index contributed by atoms with van der Waals surface area (Å²) in [5.41, 5.74) is 6.60. The summed E-state index contributed by atoms with van der Waals surface area (Å²) < 4.78 is 1.000. The Morgan fingerprint density at radius 2 is 2.05 bits per heavy atom. The molecular weight excluding hydrogens is 342 g/mol. The highest BCUT2D eigenvalue weighted by molar-refractivity contribution is 9.10. The minimum atomic E-state index is 0. The van der Waals surface area contributed by atoms with E-state index in [9.17, 15) is 4.79 Å². The second-order valence-corrected chi connectivity index (χ2v) is 6.03. The van der Waals surface area contributed by atoms with Crippen LogP contribution in [-0.2, 0) is 4.79 Å². The van der Waals surface area contributed by atoms with Gasteiger partial charge in [0.25, 0.3) is 0 Å². The van der Waals surface area contributed by atoms with Crippen LogP contribution >= 0.6 is 28.3 Å². The number of nitrogens with two attached hydrogens (primary N) is 1. The molecule has 1 unspecified atom stereocenters. The van der Waals surface area contributed by atoms with Gasteiger partial charge in [0.2, 0.25) is 5.91 Å². The first-order valence-corrected chi connectivity index (χ1v) is 7.35. The quantitative estimate of drug-likeness (QED) is 0.817. The third-order valence-electron chi connectivity index (χ3n) is 3.49. The average molecular weight is 363 g/mol. The summed E-state index contributed by atoms with van der Waals surface area (Å²) in [5.74, 6) is 0.680. The van der Waals surface area contributed by atoms with E-state index in [1.807, 2.05) is 31.3 Å². The summed E-state index contributed by atoms with van der Waals surface area (Å²) in [5, 5.41) is 2.90. The fraction of sp³-hybridized carbons (Fsp3) is 0.500. The zero-order chi connectivity index (χ0) is 13.8. The number of nitrogens with zero attached hydrogens (tertiary/aromatic N) is 1. The predicted molar refractivity (Wildman–Crippen MR) is 88.2 cm³/mol. The summed E-state index contributed by atoms with van der Waals surface area (Å²) in [4.78, 5) is 14.0. The number of rotatable bonds is 6. The Morgan fingerprint density at radius 3 is 2.55 bits per heavy atom. The van der Waals surface area contributed by atoms with Crippen LogP contribution in [0.3, 0.4) is 0 Å². The smallest absolute Gasteiger partial charge is 0.238 e. The van der Waals surface area contributed by atoms with Crippen LogP contribution in [-0.4, -0.2) is 37.0 Å². The third-order valence-corrected chi connectivity index (χ3v) is 4.02. The van der Waals surface area contributed by atoms with Gasteiger partial charge in [-0.1, -0.05) is 15.9 Å². The van der Waals surface area contributed by atoms with Gasteiger partial charge in [-0.25, -0.2) is 0 Å². The lowest BCUT2D eigenvalue weighted by Gasteiger charge is -2.26. The molecule has 1 aliphatic carbocycles. The second kappa shape index (κ2) is 7.98. The number of halogens is 2. The highest BCUT2D eigenvalue weighted by Gasteiger charge is 2.33. The molecule has 0 aliphatic heterocycles. The van der Waals surface area contributed by atoms with Crippen molar-refractivity contribution in [1.82, 2.24) is 4.90 Å². The number of nitrogens with one attached hydrogen (secondary N) is 1. The fourth-order valence-electron chi connectivity index (χ4n) is 2.29. The van der Waals surface area contributed by atoms with E-state index >= 15 is 0 Å². The molecule has 3 N–H and O–H groups in total. The Balaban J connectivity index is 0.00000200. The van der Waals surface area contributed by atoms with Crippen molar-refractivity contribution in [2.45, 2.75) is 18.9 Å². The van der Waals surface area contributed by atoms with Gasteiger partial charge in [0.15, 0.2) is 0 Å². The van der Waals surface area contributed by atoms with Crippen LogP contribution < -0.4 is 11.1 Å². The molecule has 1 aromatic carbocycles. The van der Waals surface area contributed by atoms with E-state index in [1.165, 1.54) is 12.8 Å². The summed E-state index contributed by atoms with van der Waals surface area (Å²) in [6, 6.07) is 7.90. The van der Waals surface area contributed by atoms with Crippen LogP contribution in [0.1, 0.15) is 12.8 Å². The van der Waals surface area contributed by atoms with Crippen LogP contribution in [0, 0.1) is 5.92 Å². The van der Waals surface area contributed by atoms with Crippen molar-refractivity contribution in [2.75, 3.05) is 25.5 Å². The van der Waals surface area contributed by atoms with Crippen LogP contribution in [0.4, 0.5) is 5.69 Å². The van der Waals surface area contributed by atoms with Gasteiger partial charge in [-0.15, -0.1) is 12.4 Å². The summed E-state index contributed by atoms with van der Waals surface area (Å²) >= 11 is 3.37. The second-order valence-electron chi connectivity index (χ2n) is 5.11. The van der Waals surface area contributed by atoms with Crippen LogP contribution in [0.2, 0.25) is 0 Å². The molecule has 2 rings (SSSR count). The van der Waals surface area contributed by atoms with Crippen molar-refractivity contribution in [2.24, 2.45) is 11.7 Å². The van der Waals surface area contributed by atoms with E-state index in [1.54, 1.807) is 0 Å². The van der Waals surface area contributed by atoms with E-state index in [2.05, 4.69) is 26.1 Å². The number of amides is 1. The van der Waals surface area contributed by atoms with E-state index in [-0.39, 0.29) is 18.3 Å². The molecule has 1 saturated carbocycles. The first kappa shape index (κ1) is 17.4. The molecule has 0 saturated heterocycles. The lowest BCUT2D eigenvalue weighted by atomic mass is 10.1. The van der Waals surface area contributed by atoms with E-state index in [0.29, 0.717) is 25.0 Å². The number of hydrogen-bond donors (Lipinski definition) is 2. The lowest BCUT2D eigenvalue weighted by Crippen LogP contribution is -2.43. The lowest BCUT2D eigenvalue weighted by molar-refractivity contribution is -0.117. The fourth-order valence-corrected chi connectivity index (χ4v) is 2.56. The van der Waals surface area contributed by atoms with Crippen LogP contribution in [0.15, 0.2) is 28.7 Å². The monoisotopic (exact) mass is 361 g/mol. The maximum atomic E-state index is 12.0. The number of benzene rings is 1. The number of likely N-dealkylation sites (N-methyl/N-ethyl adjacent to an activating group) is 1. The first-order valence-electron chi connectivity index (χ1n) is 6.56. The Morgan fingerprint density at radius 1 is 1.45 bits per heavy atom. The average Bonchev–Trinajstić information content (AvgIpc) is 3.17. The number of hydrogen-bond acceptors (Lipinski definition) is 3. The van der Waals surface area contributed by atoms with E-state index < -0.39 is 0 Å². The molecule has 1 amide bonds. The topological polar surface area (TPSA) is 58.4 Å².